The Morgan fingerprint density at radius 1 is 1.20 bits per heavy atom. The molecule has 1 saturated carbocycles. The van der Waals surface area contributed by atoms with Crippen molar-refractivity contribution in [1.82, 2.24) is 10.3 Å². The van der Waals surface area contributed by atoms with Crippen LogP contribution in [0.5, 0.6) is 0 Å². The van der Waals surface area contributed by atoms with Gasteiger partial charge in [-0.1, -0.05) is 32.0 Å². The van der Waals surface area contributed by atoms with Gasteiger partial charge in [-0.05, 0) is 55.3 Å². The number of benzene rings is 1. The van der Waals surface area contributed by atoms with E-state index in [0.29, 0.717) is 17.9 Å². The Labute approximate surface area is 121 Å². The second-order valence-electron chi connectivity index (χ2n) is 6.02. The Balaban J connectivity index is 1.88. The molecule has 0 spiro atoms. The highest BCUT2D eigenvalue weighted by molar-refractivity contribution is 5.82. The van der Waals surface area contributed by atoms with E-state index in [2.05, 4.69) is 54.5 Å². The van der Waals surface area contributed by atoms with Crippen molar-refractivity contribution < 1.29 is 0 Å². The third-order valence-electron chi connectivity index (χ3n) is 4.79. The van der Waals surface area contributed by atoms with Crippen LogP contribution in [0.1, 0.15) is 44.6 Å². The summed E-state index contributed by atoms with van der Waals surface area (Å²) in [5.74, 6) is 1.37. The lowest BCUT2D eigenvalue weighted by Gasteiger charge is -2.23. The Bertz CT molecular complexity index is 573. The molecule has 1 aromatic heterocycles. The lowest BCUT2D eigenvalue weighted by atomic mass is 9.86. The highest BCUT2D eigenvalue weighted by atomic mass is 14.9. The van der Waals surface area contributed by atoms with Gasteiger partial charge in [-0.15, -0.1) is 0 Å². The molecule has 2 aromatic rings. The summed E-state index contributed by atoms with van der Waals surface area (Å²) in [6.07, 6.45) is 5.68. The largest absolute Gasteiger partial charge is 0.314 e. The zero-order chi connectivity index (χ0) is 13.9. The first-order chi connectivity index (χ1) is 9.81. The standard InChI is InChI=1S/C18H24N2/c1-3-11-19-17-10-9-14(13(17)2)15-6-4-8-18-16(15)7-5-12-20-18/h4-8,12-14,17,19H,3,9-11H2,1-2H3. The van der Waals surface area contributed by atoms with Gasteiger partial charge in [0.2, 0.25) is 0 Å². The molecule has 3 unspecified atom stereocenters. The molecule has 0 bridgehead atoms. The molecule has 1 aromatic carbocycles. The van der Waals surface area contributed by atoms with E-state index in [9.17, 15) is 0 Å². The molecule has 1 fully saturated rings. The molecule has 0 saturated heterocycles. The maximum absolute atomic E-state index is 4.49. The second kappa shape index (κ2) is 5.92. The lowest BCUT2D eigenvalue weighted by molar-refractivity contribution is 0.405. The maximum Gasteiger partial charge on any atom is 0.0704 e. The van der Waals surface area contributed by atoms with Crippen molar-refractivity contribution in [2.45, 2.75) is 45.1 Å². The van der Waals surface area contributed by atoms with Gasteiger partial charge in [0.1, 0.15) is 0 Å². The van der Waals surface area contributed by atoms with E-state index < -0.39 is 0 Å². The molecule has 3 atom stereocenters. The zero-order valence-electron chi connectivity index (χ0n) is 12.5. The third kappa shape index (κ3) is 2.45. The molecule has 0 aliphatic heterocycles. The number of pyridine rings is 1. The fourth-order valence-electron chi connectivity index (χ4n) is 3.67. The van der Waals surface area contributed by atoms with Crippen LogP contribution in [0, 0.1) is 5.92 Å². The molecule has 1 N–H and O–H groups in total. The lowest BCUT2D eigenvalue weighted by Crippen LogP contribution is -2.32. The van der Waals surface area contributed by atoms with Crippen molar-refractivity contribution in [2.24, 2.45) is 5.92 Å². The summed E-state index contributed by atoms with van der Waals surface area (Å²) in [5, 5.41) is 5.05. The predicted octanol–water partition coefficient (Wildman–Crippen LogP) is 4.12. The quantitative estimate of drug-likeness (QED) is 0.902. The fourth-order valence-corrected chi connectivity index (χ4v) is 3.67. The van der Waals surface area contributed by atoms with Crippen LogP contribution in [0.4, 0.5) is 0 Å². The summed E-state index contributed by atoms with van der Waals surface area (Å²) in [7, 11) is 0. The van der Waals surface area contributed by atoms with Crippen molar-refractivity contribution in [3.63, 3.8) is 0 Å². The minimum Gasteiger partial charge on any atom is -0.314 e. The first kappa shape index (κ1) is 13.6. The molecule has 2 heteroatoms. The second-order valence-corrected chi connectivity index (χ2v) is 6.02. The van der Waals surface area contributed by atoms with Crippen molar-refractivity contribution in [3.8, 4) is 0 Å². The number of fused-ring (bicyclic) bond motifs is 1. The van der Waals surface area contributed by atoms with E-state index in [4.69, 9.17) is 0 Å². The molecule has 2 nitrogen and oxygen atoms in total. The highest BCUT2D eigenvalue weighted by Gasteiger charge is 2.33. The zero-order valence-corrected chi connectivity index (χ0v) is 12.5. The van der Waals surface area contributed by atoms with Gasteiger partial charge in [0.05, 0.1) is 5.52 Å². The summed E-state index contributed by atoms with van der Waals surface area (Å²) in [6.45, 7) is 5.78. The van der Waals surface area contributed by atoms with Crippen LogP contribution >= 0.6 is 0 Å². The molecule has 1 aliphatic rings. The van der Waals surface area contributed by atoms with Crippen molar-refractivity contribution in [1.29, 1.82) is 0 Å². The smallest absolute Gasteiger partial charge is 0.0704 e. The SMILES string of the molecule is CCCNC1CCC(c2cccc3ncccc23)C1C. The van der Waals surface area contributed by atoms with Crippen LogP contribution in [0.3, 0.4) is 0 Å². The average molecular weight is 268 g/mol. The van der Waals surface area contributed by atoms with Crippen LogP contribution in [-0.4, -0.2) is 17.6 Å². The number of nitrogens with zero attached hydrogens (tertiary/aromatic N) is 1. The average Bonchev–Trinajstić information content (AvgIpc) is 2.85. The summed E-state index contributed by atoms with van der Waals surface area (Å²) in [6, 6.07) is 11.5. The molecule has 1 aliphatic carbocycles. The van der Waals surface area contributed by atoms with Gasteiger partial charge < -0.3 is 5.32 Å². The van der Waals surface area contributed by atoms with E-state index >= 15 is 0 Å². The van der Waals surface area contributed by atoms with E-state index in [0.717, 1.165) is 12.1 Å². The Kier molecular flexibility index (Phi) is 4.02. The molecule has 1 heterocycles. The number of rotatable bonds is 4. The minimum atomic E-state index is 0.664. The Morgan fingerprint density at radius 3 is 2.95 bits per heavy atom. The van der Waals surface area contributed by atoms with E-state index in [1.165, 1.54) is 30.2 Å². The van der Waals surface area contributed by atoms with Gasteiger partial charge in [-0.2, -0.15) is 0 Å². The first-order valence-electron chi connectivity index (χ1n) is 7.88. The summed E-state index contributed by atoms with van der Waals surface area (Å²) in [5.41, 5.74) is 2.62. The van der Waals surface area contributed by atoms with Crippen molar-refractivity contribution in [3.05, 3.63) is 42.1 Å². The monoisotopic (exact) mass is 268 g/mol. The number of aromatic nitrogens is 1. The fraction of sp³-hybridized carbons (Fsp3) is 0.500. The molecule has 3 rings (SSSR count). The van der Waals surface area contributed by atoms with Crippen LogP contribution in [0.2, 0.25) is 0 Å². The molecular weight excluding hydrogens is 244 g/mol. The van der Waals surface area contributed by atoms with Gasteiger partial charge in [0, 0.05) is 17.6 Å². The van der Waals surface area contributed by atoms with Crippen LogP contribution in [0.15, 0.2) is 36.5 Å². The van der Waals surface area contributed by atoms with Crippen molar-refractivity contribution >= 4 is 10.9 Å². The normalized spacial score (nSPS) is 26.2. The number of hydrogen-bond donors (Lipinski definition) is 1. The first-order valence-corrected chi connectivity index (χ1v) is 7.88. The van der Waals surface area contributed by atoms with Gasteiger partial charge >= 0.3 is 0 Å². The van der Waals surface area contributed by atoms with Crippen LogP contribution in [0.25, 0.3) is 10.9 Å². The summed E-state index contributed by atoms with van der Waals surface area (Å²) in [4.78, 5) is 4.49. The molecule has 0 radical (unpaired) electrons. The molecule has 20 heavy (non-hydrogen) atoms. The van der Waals surface area contributed by atoms with E-state index in [1.807, 2.05) is 6.20 Å². The molecule has 0 amide bonds. The third-order valence-corrected chi connectivity index (χ3v) is 4.79. The molecule has 106 valence electrons. The summed E-state index contributed by atoms with van der Waals surface area (Å²) < 4.78 is 0. The van der Waals surface area contributed by atoms with Gasteiger partial charge in [0.25, 0.3) is 0 Å². The number of nitrogens with one attached hydrogen (secondary N) is 1. The van der Waals surface area contributed by atoms with E-state index in [1.54, 1.807) is 0 Å². The number of hydrogen-bond acceptors (Lipinski definition) is 2. The van der Waals surface area contributed by atoms with Gasteiger partial charge in [-0.25, -0.2) is 0 Å². The Hall–Kier alpha value is -1.41. The highest BCUT2D eigenvalue weighted by Crippen LogP contribution is 2.41. The Morgan fingerprint density at radius 2 is 2.10 bits per heavy atom. The molecular formula is C18H24N2. The van der Waals surface area contributed by atoms with Crippen molar-refractivity contribution in [2.75, 3.05) is 6.54 Å². The maximum atomic E-state index is 4.49. The topological polar surface area (TPSA) is 24.9 Å². The minimum absolute atomic E-state index is 0.664. The van der Waals surface area contributed by atoms with Gasteiger partial charge in [-0.3, -0.25) is 4.98 Å². The van der Waals surface area contributed by atoms with Gasteiger partial charge in [0.15, 0.2) is 0 Å². The predicted molar refractivity (Wildman–Crippen MR) is 85.0 cm³/mol. The van der Waals surface area contributed by atoms with Crippen LogP contribution in [-0.2, 0) is 0 Å². The van der Waals surface area contributed by atoms with E-state index in [-0.39, 0.29) is 0 Å². The summed E-state index contributed by atoms with van der Waals surface area (Å²) >= 11 is 0. The van der Waals surface area contributed by atoms with Crippen LogP contribution < -0.4 is 5.32 Å².